The Hall–Kier alpha value is -4.65. The summed E-state index contributed by atoms with van der Waals surface area (Å²) in [4.78, 5) is 11.9. The van der Waals surface area contributed by atoms with E-state index in [1.165, 1.54) is 19.2 Å². The molecule has 3 aromatic heterocycles. The van der Waals surface area contributed by atoms with Gasteiger partial charge in [-0.05, 0) is 73.6 Å². The fourth-order valence-electron chi connectivity index (χ4n) is 7.19. The van der Waals surface area contributed by atoms with Crippen LogP contribution in [0.5, 0.6) is 11.6 Å². The van der Waals surface area contributed by atoms with Crippen molar-refractivity contribution in [3.05, 3.63) is 48.7 Å². The Kier molecular flexibility index (Phi) is 9.73. The maximum absolute atomic E-state index is 9.66. The molecule has 0 unspecified atom stereocenters. The normalized spacial score (nSPS) is 23.0. The number of ether oxygens (including phenoxy) is 4. The van der Waals surface area contributed by atoms with Crippen LogP contribution in [0.25, 0.3) is 11.1 Å². The Bertz CT molecular complexity index is 1670. The van der Waals surface area contributed by atoms with Crippen LogP contribution in [0, 0.1) is 11.3 Å². The fourth-order valence-corrected chi connectivity index (χ4v) is 7.19. The van der Waals surface area contributed by atoms with E-state index in [1.54, 1.807) is 30.3 Å². The van der Waals surface area contributed by atoms with Crippen molar-refractivity contribution in [2.24, 2.45) is 0 Å². The number of hydrogen-bond acceptors (Lipinski definition) is 13. The van der Waals surface area contributed by atoms with E-state index in [1.807, 2.05) is 29.9 Å². The first-order valence-corrected chi connectivity index (χ1v) is 16.6. The number of fused-ring (bicyclic) bond motifs is 2. The van der Waals surface area contributed by atoms with E-state index in [-0.39, 0.29) is 6.10 Å². The lowest BCUT2D eigenvalue weighted by atomic mass is 9.89. The van der Waals surface area contributed by atoms with Gasteiger partial charge in [0.05, 0.1) is 44.2 Å². The molecule has 252 valence electrons. The molecular formula is C33H41N11O4. The average molecular weight is 656 g/mol. The second-order valence-corrected chi connectivity index (χ2v) is 12.7. The van der Waals surface area contributed by atoms with Crippen molar-refractivity contribution in [3.63, 3.8) is 0 Å². The van der Waals surface area contributed by atoms with Crippen LogP contribution in [0.1, 0.15) is 57.1 Å². The van der Waals surface area contributed by atoms with Gasteiger partial charge in [0.15, 0.2) is 0 Å². The van der Waals surface area contributed by atoms with Gasteiger partial charge >= 0.3 is 0 Å². The summed E-state index contributed by atoms with van der Waals surface area (Å²) in [6.45, 7) is 4.93. The van der Waals surface area contributed by atoms with Crippen molar-refractivity contribution >= 4 is 11.6 Å². The monoisotopic (exact) mass is 655 g/mol. The number of rotatable bonds is 13. The molecule has 2 bridgehead atoms. The highest BCUT2D eigenvalue weighted by molar-refractivity contribution is 5.67. The number of tetrazole rings is 1. The van der Waals surface area contributed by atoms with Crippen LogP contribution in [0.2, 0.25) is 0 Å². The third-order valence-corrected chi connectivity index (χ3v) is 9.48. The van der Waals surface area contributed by atoms with E-state index in [0.717, 1.165) is 50.0 Å². The highest BCUT2D eigenvalue weighted by Gasteiger charge is 2.42. The number of hydrogen-bond donors (Lipinski definition) is 1. The summed E-state index contributed by atoms with van der Waals surface area (Å²) in [5, 5.41) is 29.0. The first-order chi connectivity index (χ1) is 23.6. The minimum Gasteiger partial charge on any atom is -0.487 e. The second kappa shape index (κ2) is 14.6. The molecule has 7 rings (SSSR count). The molecule has 1 aromatic carbocycles. The van der Waals surface area contributed by atoms with E-state index < -0.39 is 0 Å². The van der Waals surface area contributed by atoms with Crippen LogP contribution in [0.15, 0.2) is 43.1 Å². The van der Waals surface area contributed by atoms with Gasteiger partial charge in [-0.3, -0.25) is 9.58 Å². The summed E-state index contributed by atoms with van der Waals surface area (Å²) in [7, 11) is 1.65. The number of methoxy groups -OCH3 is 1. The van der Waals surface area contributed by atoms with Crippen LogP contribution in [0.4, 0.5) is 11.6 Å². The summed E-state index contributed by atoms with van der Waals surface area (Å²) in [5.41, 5.74) is 2.74. The number of nitrogens with zero attached hydrogens (tertiary/aromatic N) is 10. The van der Waals surface area contributed by atoms with Crippen molar-refractivity contribution < 1.29 is 18.9 Å². The third-order valence-electron chi connectivity index (χ3n) is 9.48. The van der Waals surface area contributed by atoms with Crippen molar-refractivity contribution in [3.8, 4) is 28.8 Å². The minimum absolute atomic E-state index is 0.269. The highest BCUT2D eigenvalue weighted by Crippen LogP contribution is 2.39. The number of anilines is 2. The molecule has 3 fully saturated rings. The van der Waals surface area contributed by atoms with Crippen LogP contribution < -0.4 is 14.8 Å². The molecule has 15 nitrogen and oxygen atoms in total. The standard InChI is InChI=1S/C33H41N11O4/c1-22(17-42-21-37-40-41-42)48-31-13-23(3-4-24(31)14-34)25-15-35-33(36-16-25)38-30-18-43(39-32(30)47-12-11-45-2)26-5-7-27(8-6-26)44-28-9-10-29(44)20-46-19-28/h3-4,13,15-16,18,21-22,26-29H,5-12,17,19-20H2,1-2H3,(H,35,36,38)/t22-,26-,27-,28-,29+/m0/s1. The number of morpholine rings is 1. The molecular weight excluding hydrogens is 614 g/mol. The highest BCUT2D eigenvalue weighted by atomic mass is 16.5. The van der Waals surface area contributed by atoms with Crippen LogP contribution in [0.3, 0.4) is 0 Å². The molecule has 1 aliphatic carbocycles. The zero-order valence-corrected chi connectivity index (χ0v) is 27.3. The molecule has 0 spiro atoms. The Morgan fingerprint density at radius 1 is 1.00 bits per heavy atom. The SMILES string of the molecule is COCCOc1nn([C@H]2CC[C@H](N3[C@@H]4CC[C@H]3COC4)CC2)cc1Nc1ncc(-c2ccc(C#N)c(O[C@@H](C)Cn3cnnn3)c2)cn1. The van der Waals surface area contributed by atoms with Crippen molar-refractivity contribution in [2.45, 2.75) is 82.3 Å². The molecule has 15 heteroatoms. The van der Waals surface area contributed by atoms with E-state index in [0.29, 0.717) is 72.8 Å². The summed E-state index contributed by atoms with van der Waals surface area (Å²) >= 11 is 0. The number of aromatic nitrogens is 8. The number of nitrogens with one attached hydrogen (secondary N) is 1. The Balaban J connectivity index is 1.02. The van der Waals surface area contributed by atoms with Gasteiger partial charge in [0.25, 0.3) is 5.88 Å². The number of nitriles is 1. The fraction of sp³-hybridized carbons (Fsp3) is 0.545. The van der Waals surface area contributed by atoms with Gasteiger partial charge < -0.3 is 24.3 Å². The Morgan fingerprint density at radius 2 is 1.75 bits per heavy atom. The molecule has 1 saturated carbocycles. The van der Waals surface area contributed by atoms with Crippen molar-refractivity contribution in [1.82, 2.24) is 44.9 Å². The largest absolute Gasteiger partial charge is 0.487 e. The molecule has 0 amide bonds. The minimum atomic E-state index is -0.269. The maximum Gasteiger partial charge on any atom is 0.257 e. The molecule has 1 N–H and O–H groups in total. The van der Waals surface area contributed by atoms with Gasteiger partial charge in [-0.15, -0.1) is 10.2 Å². The van der Waals surface area contributed by atoms with E-state index >= 15 is 0 Å². The summed E-state index contributed by atoms with van der Waals surface area (Å²) in [5.74, 6) is 1.38. The summed E-state index contributed by atoms with van der Waals surface area (Å²) < 4.78 is 26.8. The quantitative estimate of drug-likeness (QED) is 0.207. The maximum atomic E-state index is 9.66. The molecule has 5 heterocycles. The molecule has 0 radical (unpaired) electrons. The second-order valence-electron chi connectivity index (χ2n) is 12.7. The van der Waals surface area contributed by atoms with E-state index in [4.69, 9.17) is 24.0 Å². The van der Waals surface area contributed by atoms with E-state index in [9.17, 15) is 5.26 Å². The molecule has 2 aliphatic heterocycles. The molecule has 3 atom stereocenters. The van der Waals surface area contributed by atoms with Crippen molar-refractivity contribution in [1.29, 1.82) is 5.26 Å². The predicted octanol–water partition coefficient (Wildman–Crippen LogP) is 3.78. The Morgan fingerprint density at radius 3 is 2.46 bits per heavy atom. The molecule has 48 heavy (non-hydrogen) atoms. The van der Waals surface area contributed by atoms with Gasteiger partial charge in [0.2, 0.25) is 5.95 Å². The van der Waals surface area contributed by atoms with Gasteiger partial charge in [-0.25, -0.2) is 14.6 Å². The van der Waals surface area contributed by atoms with E-state index in [2.05, 4.69) is 41.8 Å². The molecule has 3 aliphatic rings. The Labute approximate surface area is 279 Å². The number of benzene rings is 1. The predicted molar refractivity (Wildman–Crippen MR) is 174 cm³/mol. The van der Waals surface area contributed by atoms with Crippen LogP contribution in [-0.2, 0) is 16.0 Å². The van der Waals surface area contributed by atoms with Crippen molar-refractivity contribution in [2.75, 3.05) is 38.9 Å². The smallest absolute Gasteiger partial charge is 0.257 e. The van der Waals surface area contributed by atoms with Gasteiger partial charge in [-0.2, -0.15) is 5.26 Å². The zero-order chi connectivity index (χ0) is 32.9. The zero-order valence-electron chi connectivity index (χ0n) is 27.3. The first-order valence-electron chi connectivity index (χ1n) is 16.6. The van der Waals surface area contributed by atoms with Gasteiger partial charge in [0, 0.05) is 43.2 Å². The van der Waals surface area contributed by atoms with Gasteiger partial charge in [-0.1, -0.05) is 6.07 Å². The van der Waals surface area contributed by atoms with Gasteiger partial charge in [0.1, 0.15) is 36.5 Å². The van der Waals surface area contributed by atoms with Crippen LogP contribution >= 0.6 is 0 Å². The van der Waals surface area contributed by atoms with Crippen LogP contribution in [-0.4, -0.2) is 103 Å². The first kappa shape index (κ1) is 31.9. The lowest BCUT2D eigenvalue weighted by molar-refractivity contribution is -0.0458. The average Bonchev–Trinajstić information content (AvgIpc) is 3.83. The summed E-state index contributed by atoms with van der Waals surface area (Å²) in [6.07, 6.45) is 13.7. The molecule has 2 saturated heterocycles. The third kappa shape index (κ3) is 7.10. The lowest BCUT2D eigenvalue weighted by Crippen LogP contribution is -2.52. The molecule has 4 aromatic rings. The topological polar surface area (TPSA) is 163 Å². The summed E-state index contributed by atoms with van der Waals surface area (Å²) in [6, 6.07) is 9.71. The lowest BCUT2D eigenvalue weighted by Gasteiger charge is -2.43.